The normalized spacial score (nSPS) is 27.0. The van der Waals surface area contributed by atoms with Crippen LogP contribution < -0.4 is 0 Å². The first-order valence-corrected chi connectivity index (χ1v) is 4.98. The average molecular weight is 269 g/mol. The summed E-state index contributed by atoms with van der Waals surface area (Å²) in [5, 5.41) is 0. The van der Waals surface area contributed by atoms with Crippen LogP contribution in [0.1, 0.15) is 13.8 Å². The summed E-state index contributed by atoms with van der Waals surface area (Å²) >= 11 is 2.32. The van der Waals surface area contributed by atoms with Gasteiger partial charge in [-0.2, -0.15) is 0 Å². The molecule has 4 heteroatoms. The zero-order chi connectivity index (χ0) is 8.43. The second kappa shape index (κ2) is 3.60. The molecule has 0 unspecified atom stereocenters. The number of rotatable bonds is 2. The van der Waals surface area contributed by atoms with Gasteiger partial charge in [0.1, 0.15) is 6.61 Å². The molecule has 0 bridgehead atoms. The molecule has 0 saturated carbocycles. The molecule has 1 rings (SSSR count). The van der Waals surface area contributed by atoms with E-state index in [-0.39, 0.29) is 12.1 Å². The molecule has 1 aliphatic rings. The van der Waals surface area contributed by atoms with Gasteiger partial charge in [0.05, 0.1) is 6.04 Å². The average Bonchev–Trinajstić information content (AvgIpc) is 2.30. The lowest BCUT2D eigenvalue weighted by Crippen LogP contribution is -2.38. The van der Waals surface area contributed by atoms with Crippen molar-refractivity contribution in [3.63, 3.8) is 0 Å². The molecule has 64 valence electrons. The number of nitrogens with zero attached hydrogens (tertiary/aromatic N) is 1. The maximum atomic E-state index is 11.0. The maximum Gasteiger partial charge on any atom is 0.410 e. The number of hydrogen-bond acceptors (Lipinski definition) is 2. The lowest BCUT2D eigenvalue weighted by atomic mass is 10.2. The van der Waals surface area contributed by atoms with E-state index in [1.54, 1.807) is 4.90 Å². The number of carbonyl (C=O) groups is 1. The van der Waals surface area contributed by atoms with Crippen molar-refractivity contribution in [2.24, 2.45) is 0 Å². The molecule has 1 amide bonds. The molecule has 0 aromatic carbocycles. The van der Waals surface area contributed by atoms with Crippen LogP contribution in [0.2, 0.25) is 0 Å². The van der Waals surface area contributed by atoms with Gasteiger partial charge in [0, 0.05) is 10.5 Å². The van der Waals surface area contributed by atoms with Gasteiger partial charge in [-0.25, -0.2) is 4.79 Å². The minimum atomic E-state index is -0.166. The first-order valence-electron chi connectivity index (χ1n) is 3.74. The fourth-order valence-corrected chi connectivity index (χ4v) is 1.80. The van der Waals surface area contributed by atoms with E-state index in [0.717, 1.165) is 6.54 Å². The second-order valence-corrected chi connectivity index (χ2v) is 4.57. The van der Waals surface area contributed by atoms with E-state index in [0.29, 0.717) is 10.5 Å². The van der Waals surface area contributed by atoms with Gasteiger partial charge in [0.25, 0.3) is 0 Å². The molecule has 0 spiro atoms. The number of halogens is 1. The molecular weight excluding hydrogens is 257 g/mol. The summed E-state index contributed by atoms with van der Waals surface area (Å²) in [6.07, 6.45) is -0.166. The highest BCUT2D eigenvalue weighted by molar-refractivity contribution is 14.1. The van der Waals surface area contributed by atoms with Crippen LogP contribution >= 0.6 is 22.6 Å². The largest absolute Gasteiger partial charge is 0.447 e. The van der Waals surface area contributed by atoms with Gasteiger partial charge in [0.2, 0.25) is 0 Å². The van der Waals surface area contributed by atoms with Gasteiger partial charge in [-0.05, 0) is 6.92 Å². The van der Waals surface area contributed by atoms with E-state index in [1.807, 2.05) is 6.92 Å². The molecule has 1 saturated heterocycles. The third-order valence-corrected chi connectivity index (χ3v) is 2.71. The molecule has 0 radical (unpaired) electrons. The van der Waals surface area contributed by atoms with Crippen LogP contribution in [-0.2, 0) is 4.74 Å². The molecule has 2 atom stereocenters. The van der Waals surface area contributed by atoms with Crippen LogP contribution in [-0.4, -0.2) is 34.1 Å². The molecule has 1 fully saturated rings. The van der Waals surface area contributed by atoms with E-state index >= 15 is 0 Å². The molecule has 3 nitrogen and oxygen atoms in total. The van der Waals surface area contributed by atoms with Crippen molar-refractivity contribution in [2.75, 3.05) is 13.2 Å². The Morgan fingerprint density at radius 3 is 2.91 bits per heavy atom. The predicted octanol–water partition coefficient (Wildman–Crippen LogP) is 1.65. The van der Waals surface area contributed by atoms with Crippen LogP contribution in [0.4, 0.5) is 4.79 Å². The third-order valence-electron chi connectivity index (χ3n) is 1.88. The third kappa shape index (κ3) is 1.77. The molecule has 11 heavy (non-hydrogen) atoms. The van der Waals surface area contributed by atoms with E-state index in [2.05, 4.69) is 29.5 Å². The Labute approximate surface area is 80.2 Å². The number of cyclic esters (lactones) is 1. The molecule has 0 aromatic heterocycles. The summed E-state index contributed by atoms with van der Waals surface area (Å²) in [6.45, 7) is 5.36. The van der Waals surface area contributed by atoms with Crippen LogP contribution in [0.15, 0.2) is 0 Å². The molecule has 0 N–H and O–H groups in total. The Morgan fingerprint density at radius 1 is 1.91 bits per heavy atom. The Hall–Kier alpha value is 0. The molecule has 1 heterocycles. The quantitative estimate of drug-likeness (QED) is 0.563. The lowest BCUT2D eigenvalue weighted by molar-refractivity contribution is 0.159. The second-order valence-electron chi connectivity index (χ2n) is 2.61. The Bertz CT molecular complexity index is 161. The summed E-state index contributed by atoms with van der Waals surface area (Å²) in [6, 6.07) is 0.271. The van der Waals surface area contributed by atoms with Crippen molar-refractivity contribution in [3.05, 3.63) is 0 Å². The highest BCUT2D eigenvalue weighted by Gasteiger charge is 2.33. The fourth-order valence-electron chi connectivity index (χ4n) is 1.21. The summed E-state index contributed by atoms with van der Waals surface area (Å²) in [5.41, 5.74) is 0. The van der Waals surface area contributed by atoms with E-state index < -0.39 is 0 Å². The van der Waals surface area contributed by atoms with E-state index in [1.165, 1.54) is 0 Å². The number of ether oxygens (including phenoxy) is 1. The summed E-state index contributed by atoms with van der Waals surface area (Å²) in [4.78, 5) is 12.8. The molecule has 0 aliphatic carbocycles. The monoisotopic (exact) mass is 269 g/mol. The van der Waals surface area contributed by atoms with Crippen molar-refractivity contribution in [1.29, 1.82) is 0 Å². The van der Waals surface area contributed by atoms with Crippen molar-refractivity contribution < 1.29 is 9.53 Å². The van der Waals surface area contributed by atoms with Gasteiger partial charge in [-0.1, -0.05) is 29.5 Å². The summed E-state index contributed by atoms with van der Waals surface area (Å²) in [7, 11) is 0. The summed E-state index contributed by atoms with van der Waals surface area (Å²) in [5.74, 6) is 0. The Kier molecular flexibility index (Phi) is 2.98. The van der Waals surface area contributed by atoms with Gasteiger partial charge < -0.3 is 9.64 Å². The van der Waals surface area contributed by atoms with Crippen molar-refractivity contribution in [2.45, 2.75) is 23.8 Å². The maximum absolute atomic E-state index is 11.0. The van der Waals surface area contributed by atoms with Crippen molar-refractivity contribution in [1.82, 2.24) is 4.90 Å². The molecule has 0 aromatic rings. The number of hydrogen-bond donors (Lipinski definition) is 0. The smallest absolute Gasteiger partial charge is 0.410 e. The van der Waals surface area contributed by atoms with Crippen molar-refractivity contribution in [3.8, 4) is 0 Å². The Morgan fingerprint density at radius 2 is 2.55 bits per heavy atom. The molecule has 1 aliphatic heterocycles. The molecular formula is C7H12INO2. The van der Waals surface area contributed by atoms with Crippen LogP contribution in [0, 0.1) is 0 Å². The minimum Gasteiger partial charge on any atom is -0.447 e. The Balaban J connectivity index is 2.61. The topological polar surface area (TPSA) is 29.5 Å². The number of alkyl halides is 1. The van der Waals surface area contributed by atoms with Gasteiger partial charge in [-0.15, -0.1) is 0 Å². The van der Waals surface area contributed by atoms with Crippen LogP contribution in [0.5, 0.6) is 0 Å². The lowest BCUT2D eigenvalue weighted by Gasteiger charge is -2.21. The van der Waals surface area contributed by atoms with Crippen molar-refractivity contribution >= 4 is 28.7 Å². The number of likely N-dealkylation sites (N-methyl/N-ethyl adjacent to an activating group) is 1. The predicted molar refractivity (Wildman–Crippen MR) is 51.0 cm³/mol. The summed E-state index contributed by atoms with van der Waals surface area (Å²) < 4.78 is 5.37. The van der Waals surface area contributed by atoms with Crippen LogP contribution in [0.25, 0.3) is 0 Å². The standard InChI is InChI=1S/C7H12INO2/c1-3-9-6(5(2)8)4-11-7(9)10/h5-6H,3-4H2,1-2H3/t5-,6+/m0/s1. The zero-order valence-corrected chi connectivity index (χ0v) is 8.87. The zero-order valence-electron chi connectivity index (χ0n) is 6.71. The first kappa shape index (κ1) is 9.09. The number of amides is 1. The van der Waals surface area contributed by atoms with Gasteiger partial charge >= 0.3 is 6.09 Å². The SMILES string of the molecule is CCN1C(=O)OC[C@@H]1[C@H](C)I. The first-order chi connectivity index (χ1) is 5.16. The van der Waals surface area contributed by atoms with Gasteiger partial charge in [0.15, 0.2) is 0 Å². The van der Waals surface area contributed by atoms with Crippen LogP contribution in [0.3, 0.4) is 0 Å². The fraction of sp³-hybridized carbons (Fsp3) is 0.857. The van der Waals surface area contributed by atoms with E-state index in [9.17, 15) is 4.79 Å². The highest BCUT2D eigenvalue weighted by atomic mass is 127. The van der Waals surface area contributed by atoms with Gasteiger partial charge in [-0.3, -0.25) is 0 Å². The number of carbonyl (C=O) groups excluding carboxylic acids is 1. The van der Waals surface area contributed by atoms with E-state index in [4.69, 9.17) is 4.74 Å². The minimum absolute atomic E-state index is 0.166. The highest BCUT2D eigenvalue weighted by Crippen LogP contribution is 2.19.